The van der Waals surface area contributed by atoms with Crippen LogP contribution in [0.1, 0.15) is 65.5 Å². The van der Waals surface area contributed by atoms with Crippen molar-refractivity contribution in [1.29, 1.82) is 0 Å². The zero-order chi connectivity index (χ0) is 21.7. The molecule has 4 atom stereocenters. The van der Waals surface area contributed by atoms with Gasteiger partial charge in [0.05, 0.1) is 6.10 Å². The summed E-state index contributed by atoms with van der Waals surface area (Å²) >= 11 is 0. The highest BCUT2D eigenvalue weighted by Gasteiger charge is 2.46. The Bertz CT molecular complexity index is 1130. The van der Waals surface area contributed by atoms with Gasteiger partial charge < -0.3 is 14.6 Å². The van der Waals surface area contributed by atoms with Crippen molar-refractivity contribution in [2.75, 3.05) is 0 Å². The van der Waals surface area contributed by atoms with Gasteiger partial charge >= 0.3 is 0 Å². The molecule has 0 saturated carbocycles. The number of fused-ring (bicyclic) bond motifs is 7. The monoisotopic (exact) mass is 426 g/mol. The fourth-order valence-corrected chi connectivity index (χ4v) is 5.96. The van der Waals surface area contributed by atoms with Crippen LogP contribution in [0.15, 0.2) is 66.7 Å². The lowest BCUT2D eigenvalue weighted by atomic mass is 9.73. The lowest BCUT2D eigenvalue weighted by Crippen LogP contribution is -2.45. The van der Waals surface area contributed by atoms with E-state index in [2.05, 4.69) is 36.4 Å². The van der Waals surface area contributed by atoms with Crippen LogP contribution in [0.3, 0.4) is 0 Å². The molecule has 3 nitrogen and oxygen atoms in total. The SMILES string of the molecule is C[C@@](O)(c1ccccc1)C1Oc2ccc3c(c2[C@H]2c4ccccc4CC[C@H]2O1)CCCC3. The summed E-state index contributed by atoms with van der Waals surface area (Å²) in [4.78, 5) is 0. The third-order valence-electron chi connectivity index (χ3n) is 7.66. The molecule has 0 saturated heterocycles. The standard InChI is InChI=1S/C29H30O3/c1-29(30,21-11-3-2-4-12-21)28-31-24-17-15-19-9-5-7-13-22(19)26(24)27-23-14-8-6-10-20(23)16-18-25(27)32-28/h2-5,7,9,11-13,16,18,24,26,28,30H,6,8,10,14-15,17H2,1H3/t24-,26+,28?,29-/m1/s1. The first-order chi connectivity index (χ1) is 15.6. The summed E-state index contributed by atoms with van der Waals surface area (Å²) < 4.78 is 13.3. The predicted octanol–water partition coefficient (Wildman–Crippen LogP) is 5.65. The zero-order valence-corrected chi connectivity index (χ0v) is 18.6. The summed E-state index contributed by atoms with van der Waals surface area (Å²) in [6.45, 7) is 1.81. The van der Waals surface area contributed by atoms with Crippen molar-refractivity contribution in [3.05, 3.63) is 100 Å². The molecular formula is C29H30O3. The van der Waals surface area contributed by atoms with Crippen LogP contribution in [-0.4, -0.2) is 17.5 Å². The second-order valence-corrected chi connectivity index (χ2v) is 9.68. The quantitative estimate of drug-likeness (QED) is 0.575. The van der Waals surface area contributed by atoms with Crippen molar-refractivity contribution >= 4 is 0 Å². The maximum atomic E-state index is 11.6. The Morgan fingerprint density at radius 3 is 2.50 bits per heavy atom. The average molecular weight is 427 g/mol. The van der Waals surface area contributed by atoms with Gasteiger partial charge in [-0.05, 0) is 79.3 Å². The van der Waals surface area contributed by atoms with E-state index in [4.69, 9.17) is 9.47 Å². The van der Waals surface area contributed by atoms with Crippen molar-refractivity contribution in [2.24, 2.45) is 0 Å². The summed E-state index contributed by atoms with van der Waals surface area (Å²) in [5.41, 5.74) is 6.50. The van der Waals surface area contributed by atoms with Crippen LogP contribution in [-0.2, 0) is 29.6 Å². The Morgan fingerprint density at radius 2 is 1.62 bits per heavy atom. The molecule has 0 fully saturated rings. The molecule has 0 aromatic heterocycles. The van der Waals surface area contributed by atoms with E-state index in [-0.39, 0.29) is 12.0 Å². The topological polar surface area (TPSA) is 38.7 Å². The van der Waals surface area contributed by atoms with Crippen molar-refractivity contribution in [3.8, 4) is 5.75 Å². The normalized spacial score (nSPS) is 25.8. The summed E-state index contributed by atoms with van der Waals surface area (Å²) in [7, 11) is 0. The highest BCUT2D eigenvalue weighted by molar-refractivity contribution is 5.55. The Kier molecular flexibility index (Phi) is 4.85. The largest absolute Gasteiger partial charge is 0.461 e. The van der Waals surface area contributed by atoms with Gasteiger partial charge in [-0.25, -0.2) is 0 Å². The first-order valence-electron chi connectivity index (χ1n) is 12.0. The van der Waals surface area contributed by atoms with Crippen LogP contribution in [0.4, 0.5) is 0 Å². The fraction of sp³-hybridized carbons (Fsp3) is 0.379. The lowest BCUT2D eigenvalue weighted by molar-refractivity contribution is -0.216. The third kappa shape index (κ3) is 3.18. The molecule has 0 radical (unpaired) electrons. The van der Waals surface area contributed by atoms with Crippen LogP contribution in [0, 0.1) is 0 Å². The maximum absolute atomic E-state index is 11.6. The van der Waals surface area contributed by atoms with E-state index in [1.807, 2.05) is 37.3 Å². The molecule has 0 amide bonds. The van der Waals surface area contributed by atoms with Gasteiger partial charge in [0.1, 0.15) is 11.4 Å². The Hall–Kier alpha value is -2.62. The molecule has 0 bridgehead atoms. The molecule has 6 rings (SSSR count). The lowest BCUT2D eigenvalue weighted by Gasteiger charge is -2.37. The minimum atomic E-state index is -1.26. The number of hydrogen-bond acceptors (Lipinski definition) is 3. The van der Waals surface area contributed by atoms with E-state index in [9.17, 15) is 5.11 Å². The van der Waals surface area contributed by atoms with E-state index in [0.29, 0.717) is 0 Å². The first-order valence-corrected chi connectivity index (χ1v) is 12.0. The summed E-state index contributed by atoms with van der Waals surface area (Å²) in [5, 5.41) is 11.6. The van der Waals surface area contributed by atoms with E-state index in [1.54, 1.807) is 0 Å². The van der Waals surface area contributed by atoms with E-state index < -0.39 is 11.9 Å². The molecule has 1 N–H and O–H groups in total. The van der Waals surface area contributed by atoms with Crippen molar-refractivity contribution < 1.29 is 14.6 Å². The van der Waals surface area contributed by atoms with Crippen molar-refractivity contribution in [2.45, 2.75) is 69.4 Å². The van der Waals surface area contributed by atoms with Gasteiger partial charge in [-0.1, -0.05) is 60.7 Å². The molecule has 1 unspecified atom stereocenters. The minimum Gasteiger partial charge on any atom is -0.461 e. The number of hydrogen-bond donors (Lipinski definition) is 1. The number of ether oxygens (including phenoxy) is 2. The zero-order valence-electron chi connectivity index (χ0n) is 18.6. The van der Waals surface area contributed by atoms with Gasteiger partial charge in [0.15, 0.2) is 0 Å². The second kappa shape index (κ2) is 7.75. The minimum absolute atomic E-state index is 0.0280. The second-order valence-electron chi connectivity index (χ2n) is 9.68. The molecule has 3 heteroatoms. The molecule has 3 aromatic carbocycles. The Morgan fingerprint density at radius 1 is 0.844 bits per heavy atom. The molecule has 3 aromatic rings. The summed E-state index contributed by atoms with van der Waals surface area (Å²) in [5.74, 6) is 1.01. The van der Waals surface area contributed by atoms with Crippen LogP contribution in [0.25, 0.3) is 0 Å². The molecule has 1 aliphatic heterocycles. The maximum Gasteiger partial charge on any atom is 0.233 e. The Balaban J connectivity index is 1.52. The molecule has 0 spiro atoms. The number of benzene rings is 3. The molecule has 164 valence electrons. The number of aliphatic hydroxyl groups is 1. The van der Waals surface area contributed by atoms with Crippen LogP contribution >= 0.6 is 0 Å². The summed E-state index contributed by atoms with van der Waals surface area (Å²) in [6, 6.07) is 22.9. The van der Waals surface area contributed by atoms with Crippen LogP contribution in [0.2, 0.25) is 0 Å². The average Bonchev–Trinajstić information content (AvgIpc) is 3.02. The van der Waals surface area contributed by atoms with Crippen molar-refractivity contribution in [1.82, 2.24) is 0 Å². The van der Waals surface area contributed by atoms with Gasteiger partial charge in [-0.3, -0.25) is 0 Å². The fourth-order valence-electron chi connectivity index (χ4n) is 5.96. The highest BCUT2D eigenvalue weighted by atomic mass is 16.7. The van der Waals surface area contributed by atoms with Gasteiger partial charge in [-0.2, -0.15) is 0 Å². The summed E-state index contributed by atoms with van der Waals surface area (Å²) in [6.07, 6.45) is 5.80. The van der Waals surface area contributed by atoms with Gasteiger partial charge in [0.2, 0.25) is 6.29 Å². The number of aryl methyl sites for hydroxylation is 2. The molecular weight excluding hydrogens is 396 g/mol. The highest BCUT2D eigenvalue weighted by Crippen LogP contribution is 2.49. The predicted molar refractivity (Wildman–Crippen MR) is 125 cm³/mol. The molecule has 2 aliphatic carbocycles. The van der Waals surface area contributed by atoms with E-state index in [0.717, 1.165) is 37.0 Å². The van der Waals surface area contributed by atoms with Gasteiger partial charge in [0.25, 0.3) is 0 Å². The first kappa shape index (κ1) is 20.0. The molecule has 32 heavy (non-hydrogen) atoms. The van der Waals surface area contributed by atoms with Crippen molar-refractivity contribution in [3.63, 3.8) is 0 Å². The van der Waals surface area contributed by atoms with E-state index >= 15 is 0 Å². The Labute approximate surface area is 190 Å². The molecule has 1 heterocycles. The third-order valence-corrected chi connectivity index (χ3v) is 7.66. The van der Waals surface area contributed by atoms with E-state index in [1.165, 1.54) is 40.7 Å². The number of rotatable bonds is 2. The molecule has 3 aliphatic rings. The smallest absolute Gasteiger partial charge is 0.233 e. The van der Waals surface area contributed by atoms with Gasteiger partial charge in [-0.15, -0.1) is 0 Å². The van der Waals surface area contributed by atoms with Crippen LogP contribution < -0.4 is 4.74 Å². The van der Waals surface area contributed by atoms with Gasteiger partial charge in [0, 0.05) is 11.5 Å². The van der Waals surface area contributed by atoms with Crippen LogP contribution in [0.5, 0.6) is 5.75 Å².